The maximum Gasteiger partial charge on any atom is 0.321 e. The first-order valence-corrected chi connectivity index (χ1v) is 8.41. The van der Waals surface area contributed by atoms with Crippen LogP contribution in [0.15, 0.2) is 30.5 Å². The lowest BCUT2D eigenvalue weighted by Gasteiger charge is -2.35. The van der Waals surface area contributed by atoms with Gasteiger partial charge >= 0.3 is 6.03 Å². The molecule has 6 nitrogen and oxygen atoms in total. The van der Waals surface area contributed by atoms with E-state index in [2.05, 4.69) is 20.2 Å². The average molecular weight is 387 g/mol. The monoisotopic (exact) mass is 385 g/mol. The van der Waals surface area contributed by atoms with Crippen molar-refractivity contribution in [3.05, 3.63) is 45.8 Å². The van der Waals surface area contributed by atoms with Gasteiger partial charge in [0.1, 0.15) is 5.82 Å². The van der Waals surface area contributed by atoms with E-state index in [1.54, 1.807) is 35.4 Å². The number of carbonyl (C=O) groups excluding carboxylic acids is 1. The Morgan fingerprint density at radius 1 is 1.04 bits per heavy atom. The zero-order chi connectivity index (χ0) is 17.1. The van der Waals surface area contributed by atoms with Gasteiger partial charge in [-0.25, -0.2) is 14.8 Å². The standard InChI is InChI=1S/C15H14Cl3N5O/c16-11-2-1-10(9-12(11)17)20-15(24)23-7-5-22(6-8-23)13-3-4-19-14(18)21-13/h1-4,9H,5-8H2,(H,20,24). The largest absolute Gasteiger partial charge is 0.353 e. The Bertz CT molecular complexity index is 750. The summed E-state index contributed by atoms with van der Waals surface area (Å²) < 4.78 is 0. The van der Waals surface area contributed by atoms with Crippen molar-refractivity contribution in [3.8, 4) is 0 Å². The van der Waals surface area contributed by atoms with Crippen molar-refractivity contribution in [1.29, 1.82) is 0 Å². The Morgan fingerprint density at radius 2 is 1.79 bits per heavy atom. The summed E-state index contributed by atoms with van der Waals surface area (Å²) in [5, 5.41) is 3.89. The number of rotatable bonds is 2. The normalized spacial score (nSPS) is 14.6. The third-order valence-corrected chi connectivity index (χ3v) is 4.59. The minimum atomic E-state index is -0.172. The molecule has 1 saturated heterocycles. The number of benzene rings is 1. The number of hydrogen-bond donors (Lipinski definition) is 1. The van der Waals surface area contributed by atoms with Crippen LogP contribution in [0.25, 0.3) is 0 Å². The maximum atomic E-state index is 12.3. The van der Waals surface area contributed by atoms with E-state index in [9.17, 15) is 4.79 Å². The first-order valence-electron chi connectivity index (χ1n) is 7.27. The van der Waals surface area contributed by atoms with Gasteiger partial charge in [-0.2, -0.15) is 0 Å². The lowest BCUT2D eigenvalue weighted by Crippen LogP contribution is -2.50. The number of hydrogen-bond acceptors (Lipinski definition) is 4. The van der Waals surface area contributed by atoms with E-state index < -0.39 is 0 Å². The van der Waals surface area contributed by atoms with Gasteiger partial charge in [-0.3, -0.25) is 0 Å². The van der Waals surface area contributed by atoms with Gasteiger partial charge in [0, 0.05) is 38.1 Å². The molecule has 2 heterocycles. The molecule has 9 heteroatoms. The van der Waals surface area contributed by atoms with Crippen LogP contribution in [0.5, 0.6) is 0 Å². The highest BCUT2D eigenvalue weighted by atomic mass is 35.5. The minimum absolute atomic E-state index is 0.172. The number of piperazine rings is 1. The molecule has 1 fully saturated rings. The van der Waals surface area contributed by atoms with Crippen molar-refractivity contribution in [2.24, 2.45) is 0 Å². The van der Waals surface area contributed by atoms with Crippen molar-refractivity contribution >= 4 is 52.3 Å². The first-order chi connectivity index (χ1) is 11.5. The summed E-state index contributed by atoms with van der Waals surface area (Å²) in [6, 6.07) is 6.62. The third-order valence-electron chi connectivity index (χ3n) is 3.67. The van der Waals surface area contributed by atoms with E-state index in [-0.39, 0.29) is 11.3 Å². The second-order valence-electron chi connectivity index (χ2n) is 5.22. The smallest absolute Gasteiger partial charge is 0.321 e. The number of urea groups is 1. The first kappa shape index (κ1) is 17.1. The molecule has 1 aromatic carbocycles. The SMILES string of the molecule is O=C(Nc1ccc(Cl)c(Cl)c1)N1CCN(c2ccnc(Cl)n2)CC1. The number of nitrogens with one attached hydrogen (secondary N) is 1. The summed E-state index contributed by atoms with van der Waals surface area (Å²) in [5.74, 6) is 0.763. The number of aromatic nitrogens is 2. The molecule has 0 atom stereocenters. The number of amides is 2. The Kier molecular flexibility index (Phi) is 5.28. The molecule has 0 spiro atoms. The Balaban J connectivity index is 1.58. The highest BCUT2D eigenvalue weighted by Crippen LogP contribution is 2.25. The van der Waals surface area contributed by atoms with Crippen molar-refractivity contribution in [2.75, 3.05) is 36.4 Å². The topological polar surface area (TPSA) is 61.4 Å². The van der Waals surface area contributed by atoms with Crippen molar-refractivity contribution in [3.63, 3.8) is 0 Å². The van der Waals surface area contributed by atoms with Crippen LogP contribution in [0.4, 0.5) is 16.3 Å². The molecule has 2 aromatic rings. The van der Waals surface area contributed by atoms with Crippen LogP contribution in [0, 0.1) is 0 Å². The number of anilines is 2. The number of nitrogens with zero attached hydrogens (tertiary/aromatic N) is 4. The second kappa shape index (κ2) is 7.42. The second-order valence-corrected chi connectivity index (χ2v) is 6.37. The molecule has 1 aliphatic heterocycles. The van der Waals surface area contributed by atoms with E-state index in [1.165, 1.54) is 0 Å². The van der Waals surface area contributed by atoms with Crippen LogP contribution in [-0.4, -0.2) is 47.1 Å². The van der Waals surface area contributed by atoms with Crippen LogP contribution in [-0.2, 0) is 0 Å². The molecule has 2 amide bonds. The molecule has 1 aromatic heterocycles. The van der Waals surface area contributed by atoms with Gasteiger partial charge in [-0.1, -0.05) is 23.2 Å². The predicted molar refractivity (Wildman–Crippen MR) is 96.3 cm³/mol. The minimum Gasteiger partial charge on any atom is -0.353 e. The quantitative estimate of drug-likeness (QED) is 0.798. The van der Waals surface area contributed by atoms with E-state index in [0.717, 1.165) is 5.82 Å². The summed E-state index contributed by atoms with van der Waals surface area (Å²) in [7, 11) is 0. The van der Waals surface area contributed by atoms with Crippen molar-refractivity contribution < 1.29 is 4.79 Å². The molecule has 1 N–H and O–H groups in total. The molecule has 3 rings (SSSR count). The molecule has 126 valence electrons. The highest BCUT2D eigenvalue weighted by molar-refractivity contribution is 6.42. The van der Waals surface area contributed by atoms with Gasteiger partial charge in [-0.05, 0) is 35.9 Å². The molecule has 0 aliphatic carbocycles. The molecule has 0 unspecified atom stereocenters. The molecular formula is C15H14Cl3N5O. The molecule has 0 bridgehead atoms. The van der Waals surface area contributed by atoms with Crippen LogP contribution in [0.1, 0.15) is 0 Å². The zero-order valence-electron chi connectivity index (χ0n) is 12.5. The summed E-state index contributed by atoms with van der Waals surface area (Å²) in [4.78, 5) is 24.2. The Labute approximate surface area is 154 Å². The lowest BCUT2D eigenvalue weighted by atomic mass is 10.3. The van der Waals surface area contributed by atoms with E-state index in [1.807, 2.05) is 0 Å². The fourth-order valence-corrected chi connectivity index (χ4v) is 2.86. The average Bonchev–Trinajstić information content (AvgIpc) is 2.58. The van der Waals surface area contributed by atoms with Crippen molar-refractivity contribution in [1.82, 2.24) is 14.9 Å². The number of halogens is 3. The van der Waals surface area contributed by atoms with E-state index in [0.29, 0.717) is 41.9 Å². The van der Waals surface area contributed by atoms with E-state index >= 15 is 0 Å². The van der Waals surface area contributed by atoms with Gasteiger partial charge in [0.15, 0.2) is 0 Å². The van der Waals surface area contributed by atoms with Crippen LogP contribution in [0.3, 0.4) is 0 Å². The van der Waals surface area contributed by atoms with Gasteiger partial charge in [0.25, 0.3) is 0 Å². The van der Waals surface area contributed by atoms with Crippen LogP contribution < -0.4 is 10.2 Å². The number of carbonyl (C=O) groups is 1. The highest BCUT2D eigenvalue weighted by Gasteiger charge is 2.22. The lowest BCUT2D eigenvalue weighted by molar-refractivity contribution is 0.208. The Hall–Kier alpha value is -1.76. The maximum absolute atomic E-state index is 12.3. The van der Waals surface area contributed by atoms with Gasteiger partial charge in [0.2, 0.25) is 5.28 Å². The molecule has 0 radical (unpaired) electrons. The van der Waals surface area contributed by atoms with Gasteiger partial charge < -0.3 is 15.1 Å². The molecule has 1 aliphatic rings. The van der Waals surface area contributed by atoms with Crippen LogP contribution in [0.2, 0.25) is 15.3 Å². The fourth-order valence-electron chi connectivity index (χ4n) is 2.42. The van der Waals surface area contributed by atoms with E-state index in [4.69, 9.17) is 34.8 Å². The molecule has 0 saturated carbocycles. The van der Waals surface area contributed by atoms with Crippen LogP contribution >= 0.6 is 34.8 Å². The van der Waals surface area contributed by atoms with Gasteiger partial charge in [-0.15, -0.1) is 0 Å². The fraction of sp³-hybridized carbons (Fsp3) is 0.267. The summed E-state index contributed by atoms with van der Waals surface area (Å²) in [6.07, 6.45) is 1.62. The van der Waals surface area contributed by atoms with Crippen molar-refractivity contribution in [2.45, 2.75) is 0 Å². The zero-order valence-corrected chi connectivity index (χ0v) is 14.8. The summed E-state index contributed by atoms with van der Waals surface area (Å²) in [5.41, 5.74) is 0.611. The third kappa shape index (κ3) is 4.01. The predicted octanol–water partition coefficient (Wildman–Crippen LogP) is 3.79. The summed E-state index contributed by atoms with van der Waals surface area (Å²) >= 11 is 17.6. The molecule has 24 heavy (non-hydrogen) atoms. The van der Waals surface area contributed by atoms with Gasteiger partial charge in [0.05, 0.1) is 10.0 Å². The Morgan fingerprint density at radius 3 is 2.46 bits per heavy atom. The summed E-state index contributed by atoms with van der Waals surface area (Å²) in [6.45, 7) is 2.49. The molecular weight excluding hydrogens is 373 g/mol.